The molecule has 1 aliphatic carbocycles. The first-order valence-corrected chi connectivity index (χ1v) is 13.4. The minimum atomic E-state index is -2.59. The molecule has 6 heteroatoms. The number of aromatic nitrogens is 2. The summed E-state index contributed by atoms with van der Waals surface area (Å²) in [5.41, 5.74) is -0.150. The fraction of sp³-hybridized carbons (Fsp3) is 0.333. The minimum absolute atomic E-state index is 0.0777. The number of rotatable bonds is 7. The van der Waals surface area contributed by atoms with Gasteiger partial charge in [-0.05, 0) is 22.3 Å². The van der Waals surface area contributed by atoms with Crippen LogP contribution in [0, 0.1) is 18.8 Å². The van der Waals surface area contributed by atoms with Gasteiger partial charge in [0.2, 0.25) is 0 Å². The first kappa shape index (κ1) is 23.2. The average molecular weight is 461 g/mol. The number of nitrogens with one attached hydrogen (secondary N) is 1. The Balaban J connectivity index is 1.62. The van der Waals surface area contributed by atoms with Gasteiger partial charge in [-0.2, -0.15) is 0 Å². The molecule has 2 aromatic carbocycles. The van der Waals surface area contributed by atoms with Gasteiger partial charge in [0.25, 0.3) is 13.9 Å². The third kappa shape index (κ3) is 4.45. The molecule has 0 saturated heterocycles. The number of hydrogen-bond donors (Lipinski definition) is 1. The first-order chi connectivity index (χ1) is 15.7. The van der Waals surface area contributed by atoms with Gasteiger partial charge in [-0.25, -0.2) is 4.79 Å². The zero-order valence-electron chi connectivity index (χ0n) is 19.7. The molecule has 0 amide bonds. The van der Waals surface area contributed by atoms with Crippen molar-refractivity contribution in [3.05, 3.63) is 105 Å². The van der Waals surface area contributed by atoms with Crippen molar-refractivity contribution in [3.63, 3.8) is 0 Å². The van der Waals surface area contributed by atoms with Crippen LogP contribution in [0.25, 0.3) is 0 Å². The monoisotopic (exact) mass is 460 g/mol. The molecule has 172 valence electrons. The molecular formula is C27H32N2O3Si. The first-order valence-electron chi connectivity index (χ1n) is 11.5. The Labute approximate surface area is 195 Å². The molecule has 0 unspecified atom stereocenters. The zero-order chi connectivity index (χ0) is 23.6. The van der Waals surface area contributed by atoms with E-state index in [-0.39, 0.29) is 28.1 Å². The van der Waals surface area contributed by atoms with Gasteiger partial charge < -0.3 is 4.43 Å². The number of hydrogen-bond acceptors (Lipinski definition) is 3. The van der Waals surface area contributed by atoms with Gasteiger partial charge in [0.1, 0.15) is 0 Å². The zero-order valence-corrected chi connectivity index (χ0v) is 20.7. The number of H-pyrrole nitrogens is 1. The van der Waals surface area contributed by atoms with E-state index in [1.54, 1.807) is 17.7 Å². The predicted molar refractivity (Wildman–Crippen MR) is 136 cm³/mol. The lowest BCUT2D eigenvalue weighted by Gasteiger charge is -2.44. The number of aromatic amines is 1. The van der Waals surface area contributed by atoms with Gasteiger partial charge in [0, 0.05) is 36.7 Å². The van der Waals surface area contributed by atoms with Crippen LogP contribution in [0.15, 0.2) is 88.6 Å². The van der Waals surface area contributed by atoms with Crippen molar-refractivity contribution in [2.24, 2.45) is 11.8 Å². The molecular weight excluding hydrogens is 428 g/mol. The molecule has 0 bridgehead atoms. The Morgan fingerprint density at radius 1 is 0.909 bits per heavy atom. The smallest absolute Gasteiger partial charge is 0.328 e. The molecule has 1 aromatic heterocycles. The highest BCUT2D eigenvalue weighted by atomic mass is 28.4. The highest BCUT2D eigenvalue weighted by Gasteiger charge is 2.50. The predicted octanol–water partition coefficient (Wildman–Crippen LogP) is 3.22. The molecule has 1 N–H and O–H groups in total. The highest BCUT2D eigenvalue weighted by molar-refractivity contribution is 6.99. The van der Waals surface area contributed by atoms with E-state index in [2.05, 4.69) is 86.4 Å². The normalized spacial score (nSPS) is 18.2. The molecule has 1 heterocycles. The fourth-order valence-electron chi connectivity index (χ4n) is 4.76. The molecule has 1 aliphatic rings. The van der Waals surface area contributed by atoms with Crippen LogP contribution in [-0.4, -0.2) is 24.5 Å². The van der Waals surface area contributed by atoms with Crippen LogP contribution in [0.4, 0.5) is 0 Å². The lowest BCUT2D eigenvalue weighted by molar-refractivity contribution is 0.207. The molecule has 5 nitrogen and oxygen atoms in total. The van der Waals surface area contributed by atoms with Gasteiger partial charge in [-0.3, -0.25) is 14.3 Å². The molecule has 0 radical (unpaired) electrons. The fourth-order valence-corrected chi connectivity index (χ4v) is 9.36. The topological polar surface area (TPSA) is 64.1 Å². The summed E-state index contributed by atoms with van der Waals surface area (Å²) >= 11 is 0. The van der Waals surface area contributed by atoms with E-state index in [9.17, 15) is 9.59 Å². The summed E-state index contributed by atoms with van der Waals surface area (Å²) in [6.07, 6.45) is 5.95. The number of allylic oxidation sites excluding steroid dienone is 1. The number of aryl methyl sites for hydroxylation is 1. The van der Waals surface area contributed by atoms with Crippen LogP contribution in [0.1, 0.15) is 26.3 Å². The second kappa shape index (κ2) is 9.12. The third-order valence-corrected chi connectivity index (χ3v) is 11.7. The SMILES string of the molecule is Cc1cn(C[C@H]2C=C[C@H]2CO[Si](c2ccccc2)(c2ccccc2)C(C)(C)C)c(=O)[nH]c1=O. The van der Waals surface area contributed by atoms with Crippen LogP contribution >= 0.6 is 0 Å². The summed E-state index contributed by atoms with van der Waals surface area (Å²) in [6.45, 7) is 9.66. The van der Waals surface area contributed by atoms with Crippen LogP contribution in [0.5, 0.6) is 0 Å². The molecule has 0 spiro atoms. The average Bonchev–Trinajstić information content (AvgIpc) is 2.78. The highest BCUT2D eigenvalue weighted by Crippen LogP contribution is 2.38. The summed E-state index contributed by atoms with van der Waals surface area (Å²) in [4.78, 5) is 26.4. The molecule has 2 atom stereocenters. The maximum Gasteiger partial charge on any atom is 0.328 e. The maximum absolute atomic E-state index is 12.3. The minimum Gasteiger partial charge on any atom is -0.407 e. The van der Waals surface area contributed by atoms with Crippen LogP contribution in [0.2, 0.25) is 5.04 Å². The van der Waals surface area contributed by atoms with Crippen molar-refractivity contribution in [2.75, 3.05) is 6.61 Å². The summed E-state index contributed by atoms with van der Waals surface area (Å²) in [6, 6.07) is 21.2. The Morgan fingerprint density at radius 3 is 1.94 bits per heavy atom. The molecule has 0 aliphatic heterocycles. The van der Waals surface area contributed by atoms with E-state index in [1.165, 1.54) is 10.4 Å². The lowest BCUT2D eigenvalue weighted by Crippen LogP contribution is -2.67. The Kier molecular flexibility index (Phi) is 6.41. The Bertz CT molecular complexity index is 1200. The van der Waals surface area contributed by atoms with Gasteiger partial charge in [0.15, 0.2) is 0 Å². The van der Waals surface area contributed by atoms with Gasteiger partial charge in [-0.1, -0.05) is 93.6 Å². The van der Waals surface area contributed by atoms with Crippen LogP contribution < -0.4 is 21.6 Å². The molecule has 3 aromatic rings. The van der Waals surface area contributed by atoms with Crippen LogP contribution in [0.3, 0.4) is 0 Å². The third-order valence-electron chi connectivity index (χ3n) is 6.66. The molecule has 0 fully saturated rings. The van der Waals surface area contributed by atoms with E-state index in [1.807, 2.05) is 12.1 Å². The van der Waals surface area contributed by atoms with Crippen molar-refractivity contribution >= 4 is 18.7 Å². The van der Waals surface area contributed by atoms with Crippen molar-refractivity contribution in [1.82, 2.24) is 9.55 Å². The van der Waals surface area contributed by atoms with Gasteiger partial charge in [0.05, 0.1) is 0 Å². The molecule has 4 rings (SSSR count). The van der Waals surface area contributed by atoms with Crippen molar-refractivity contribution in [2.45, 2.75) is 39.3 Å². The van der Waals surface area contributed by atoms with Gasteiger partial charge >= 0.3 is 5.69 Å². The lowest BCUT2D eigenvalue weighted by atomic mass is 9.83. The van der Waals surface area contributed by atoms with Gasteiger partial charge in [-0.15, -0.1) is 0 Å². The summed E-state index contributed by atoms with van der Waals surface area (Å²) in [5.74, 6) is 0.400. The van der Waals surface area contributed by atoms with Crippen molar-refractivity contribution in [3.8, 4) is 0 Å². The van der Waals surface area contributed by atoms with E-state index in [0.717, 1.165) is 0 Å². The Morgan fingerprint density at radius 2 is 1.45 bits per heavy atom. The van der Waals surface area contributed by atoms with Crippen molar-refractivity contribution < 1.29 is 4.43 Å². The second-order valence-corrected chi connectivity index (χ2v) is 14.2. The van der Waals surface area contributed by atoms with E-state index >= 15 is 0 Å². The maximum atomic E-state index is 12.3. The number of benzene rings is 2. The summed E-state index contributed by atoms with van der Waals surface area (Å²) < 4.78 is 8.65. The standard InChI is InChI=1S/C27H32N2O3Si/c1-20-17-29(26(31)28-25(20)30)18-21-15-16-22(21)19-32-33(27(2,3)4,23-11-7-5-8-12-23)24-13-9-6-10-14-24/h5-17,21-22H,18-19H2,1-4H3,(H,28,30,31)/t21-,22+/m1/s1. The molecule has 0 saturated carbocycles. The van der Waals surface area contributed by atoms with Crippen molar-refractivity contribution in [1.29, 1.82) is 0 Å². The summed E-state index contributed by atoms with van der Waals surface area (Å²) in [7, 11) is -2.59. The number of nitrogens with zero attached hydrogens (tertiary/aromatic N) is 1. The summed E-state index contributed by atoms with van der Waals surface area (Å²) in [5, 5.41) is 2.44. The van der Waals surface area contributed by atoms with Crippen LogP contribution in [-0.2, 0) is 11.0 Å². The largest absolute Gasteiger partial charge is 0.407 e. The van der Waals surface area contributed by atoms with E-state index in [0.29, 0.717) is 18.7 Å². The van der Waals surface area contributed by atoms with E-state index < -0.39 is 8.32 Å². The second-order valence-electron chi connectivity index (χ2n) is 9.91. The molecule has 33 heavy (non-hydrogen) atoms. The quantitative estimate of drug-likeness (QED) is 0.435. The van der Waals surface area contributed by atoms with E-state index in [4.69, 9.17) is 4.43 Å². The Hall–Kier alpha value is -2.96.